The van der Waals surface area contributed by atoms with Crippen molar-refractivity contribution in [1.82, 2.24) is 5.32 Å². The molecule has 1 nitrogen and oxygen atoms in total. The van der Waals surface area contributed by atoms with Gasteiger partial charge in [0.15, 0.2) is 0 Å². The standard InChI is InChI=1S/C18H20FN/c1-2-17(14-7-10-15(19)11-8-14)20-18-12-9-13-5-3-4-6-16(13)18/h3-8,10-11,17-18,20H,2,9,12H2,1H3. The summed E-state index contributed by atoms with van der Waals surface area (Å²) >= 11 is 0. The number of hydrogen-bond acceptors (Lipinski definition) is 1. The van der Waals surface area contributed by atoms with Gasteiger partial charge in [0.1, 0.15) is 5.82 Å². The zero-order valence-corrected chi connectivity index (χ0v) is 11.8. The molecule has 0 aliphatic heterocycles. The zero-order valence-electron chi connectivity index (χ0n) is 11.8. The van der Waals surface area contributed by atoms with Crippen LogP contribution in [0.4, 0.5) is 4.39 Å². The maximum Gasteiger partial charge on any atom is 0.123 e. The number of rotatable bonds is 4. The lowest BCUT2D eigenvalue weighted by atomic mass is 10.0. The SMILES string of the molecule is CCC(NC1CCc2ccccc21)c1ccc(F)cc1. The number of aryl methyl sites for hydroxylation is 1. The molecule has 0 bridgehead atoms. The molecule has 2 aromatic rings. The topological polar surface area (TPSA) is 12.0 Å². The predicted octanol–water partition coefficient (Wildman–Crippen LogP) is 4.55. The minimum Gasteiger partial charge on any atom is -0.303 e. The van der Waals surface area contributed by atoms with Crippen molar-refractivity contribution in [1.29, 1.82) is 0 Å². The summed E-state index contributed by atoms with van der Waals surface area (Å²) in [6, 6.07) is 16.2. The quantitative estimate of drug-likeness (QED) is 0.858. The molecule has 0 amide bonds. The van der Waals surface area contributed by atoms with Crippen LogP contribution in [0.3, 0.4) is 0 Å². The third kappa shape index (κ3) is 2.61. The molecular weight excluding hydrogens is 249 g/mol. The smallest absolute Gasteiger partial charge is 0.123 e. The third-order valence-electron chi connectivity index (χ3n) is 4.22. The third-order valence-corrected chi connectivity index (χ3v) is 4.22. The van der Waals surface area contributed by atoms with Crippen LogP contribution in [-0.2, 0) is 6.42 Å². The average molecular weight is 269 g/mol. The van der Waals surface area contributed by atoms with E-state index < -0.39 is 0 Å². The first-order valence-electron chi connectivity index (χ1n) is 7.37. The van der Waals surface area contributed by atoms with Crippen LogP contribution < -0.4 is 5.32 Å². The van der Waals surface area contributed by atoms with Crippen molar-refractivity contribution in [3.8, 4) is 0 Å². The van der Waals surface area contributed by atoms with E-state index in [4.69, 9.17) is 0 Å². The largest absolute Gasteiger partial charge is 0.303 e. The number of halogens is 1. The summed E-state index contributed by atoms with van der Waals surface area (Å²) in [6.07, 6.45) is 3.30. The summed E-state index contributed by atoms with van der Waals surface area (Å²) in [6.45, 7) is 2.17. The Morgan fingerprint density at radius 2 is 1.90 bits per heavy atom. The fourth-order valence-electron chi connectivity index (χ4n) is 3.12. The van der Waals surface area contributed by atoms with E-state index in [0.717, 1.165) is 19.3 Å². The second-order valence-corrected chi connectivity index (χ2v) is 5.47. The summed E-state index contributed by atoms with van der Waals surface area (Å²) < 4.78 is 13.0. The Balaban J connectivity index is 1.78. The number of benzene rings is 2. The highest BCUT2D eigenvalue weighted by Gasteiger charge is 2.24. The van der Waals surface area contributed by atoms with Gasteiger partial charge in [0.2, 0.25) is 0 Å². The minimum atomic E-state index is -0.171. The van der Waals surface area contributed by atoms with Gasteiger partial charge in [-0.1, -0.05) is 43.3 Å². The molecule has 20 heavy (non-hydrogen) atoms. The van der Waals surface area contributed by atoms with Gasteiger partial charge >= 0.3 is 0 Å². The minimum absolute atomic E-state index is 0.171. The lowest BCUT2D eigenvalue weighted by Gasteiger charge is -2.23. The van der Waals surface area contributed by atoms with Crippen molar-refractivity contribution in [3.63, 3.8) is 0 Å². The average Bonchev–Trinajstić information content (AvgIpc) is 2.89. The summed E-state index contributed by atoms with van der Waals surface area (Å²) in [5.41, 5.74) is 4.05. The zero-order chi connectivity index (χ0) is 13.9. The van der Waals surface area contributed by atoms with Gasteiger partial charge in [0.25, 0.3) is 0 Å². The summed E-state index contributed by atoms with van der Waals surface area (Å²) in [5, 5.41) is 3.74. The van der Waals surface area contributed by atoms with Crippen LogP contribution in [0.5, 0.6) is 0 Å². The molecule has 1 aliphatic rings. The highest BCUT2D eigenvalue weighted by molar-refractivity contribution is 5.34. The Morgan fingerprint density at radius 3 is 2.65 bits per heavy atom. The van der Waals surface area contributed by atoms with Crippen LogP contribution in [0.2, 0.25) is 0 Å². The van der Waals surface area contributed by atoms with Gasteiger partial charge in [-0.2, -0.15) is 0 Å². The normalized spacial score (nSPS) is 18.8. The summed E-state index contributed by atoms with van der Waals surface area (Å²) in [7, 11) is 0. The van der Waals surface area contributed by atoms with E-state index in [2.05, 4.69) is 36.5 Å². The number of hydrogen-bond donors (Lipinski definition) is 1. The number of nitrogens with one attached hydrogen (secondary N) is 1. The molecule has 2 heteroatoms. The molecule has 0 saturated heterocycles. The lowest BCUT2D eigenvalue weighted by molar-refractivity contribution is 0.432. The van der Waals surface area contributed by atoms with Gasteiger partial charge in [-0.3, -0.25) is 0 Å². The van der Waals surface area contributed by atoms with Crippen LogP contribution in [-0.4, -0.2) is 0 Å². The molecule has 3 rings (SSSR count). The van der Waals surface area contributed by atoms with E-state index in [1.807, 2.05) is 12.1 Å². The van der Waals surface area contributed by atoms with E-state index >= 15 is 0 Å². The van der Waals surface area contributed by atoms with Gasteiger partial charge < -0.3 is 5.32 Å². The Bertz CT molecular complexity index is 576. The molecule has 1 aliphatic carbocycles. The van der Waals surface area contributed by atoms with Crippen molar-refractivity contribution >= 4 is 0 Å². The van der Waals surface area contributed by atoms with E-state index in [0.29, 0.717) is 6.04 Å². The predicted molar refractivity (Wildman–Crippen MR) is 80.1 cm³/mol. The fourth-order valence-corrected chi connectivity index (χ4v) is 3.12. The van der Waals surface area contributed by atoms with E-state index in [1.54, 1.807) is 12.1 Å². The Morgan fingerprint density at radius 1 is 1.15 bits per heavy atom. The second-order valence-electron chi connectivity index (χ2n) is 5.47. The van der Waals surface area contributed by atoms with Crippen molar-refractivity contribution < 1.29 is 4.39 Å². The summed E-state index contributed by atoms with van der Waals surface area (Å²) in [4.78, 5) is 0. The second kappa shape index (κ2) is 5.76. The molecule has 0 aromatic heterocycles. The maximum atomic E-state index is 13.0. The van der Waals surface area contributed by atoms with Crippen LogP contribution in [0.1, 0.15) is 48.5 Å². The highest BCUT2D eigenvalue weighted by atomic mass is 19.1. The van der Waals surface area contributed by atoms with E-state index in [9.17, 15) is 4.39 Å². The number of fused-ring (bicyclic) bond motifs is 1. The molecular formula is C18H20FN. The Hall–Kier alpha value is -1.67. The molecule has 0 radical (unpaired) electrons. The first-order valence-corrected chi connectivity index (χ1v) is 7.37. The van der Waals surface area contributed by atoms with Gasteiger partial charge in [-0.25, -0.2) is 4.39 Å². The molecule has 1 N–H and O–H groups in total. The van der Waals surface area contributed by atoms with Crippen LogP contribution in [0.15, 0.2) is 48.5 Å². The van der Waals surface area contributed by atoms with Crippen molar-refractivity contribution in [2.24, 2.45) is 0 Å². The van der Waals surface area contributed by atoms with Crippen molar-refractivity contribution in [2.75, 3.05) is 0 Å². The Labute approximate surface area is 119 Å². The fraction of sp³-hybridized carbons (Fsp3) is 0.333. The lowest BCUT2D eigenvalue weighted by Crippen LogP contribution is -2.24. The monoisotopic (exact) mass is 269 g/mol. The maximum absolute atomic E-state index is 13.0. The van der Waals surface area contributed by atoms with Gasteiger partial charge in [-0.15, -0.1) is 0 Å². The van der Waals surface area contributed by atoms with Gasteiger partial charge in [0, 0.05) is 12.1 Å². The molecule has 0 heterocycles. The first-order chi connectivity index (χ1) is 9.78. The van der Waals surface area contributed by atoms with E-state index in [-0.39, 0.29) is 11.9 Å². The molecule has 0 fully saturated rings. The Kier molecular flexibility index (Phi) is 3.83. The van der Waals surface area contributed by atoms with E-state index in [1.165, 1.54) is 16.7 Å². The molecule has 2 atom stereocenters. The molecule has 0 spiro atoms. The van der Waals surface area contributed by atoms with Gasteiger partial charge in [0.05, 0.1) is 0 Å². The first kappa shape index (κ1) is 13.3. The van der Waals surface area contributed by atoms with Crippen molar-refractivity contribution in [3.05, 3.63) is 71.0 Å². The van der Waals surface area contributed by atoms with Crippen LogP contribution in [0, 0.1) is 5.82 Å². The molecule has 2 aromatic carbocycles. The summed E-state index contributed by atoms with van der Waals surface area (Å²) in [5.74, 6) is -0.171. The van der Waals surface area contributed by atoms with Crippen LogP contribution >= 0.6 is 0 Å². The molecule has 104 valence electrons. The van der Waals surface area contributed by atoms with Crippen molar-refractivity contribution in [2.45, 2.75) is 38.3 Å². The van der Waals surface area contributed by atoms with Crippen LogP contribution in [0.25, 0.3) is 0 Å². The molecule has 0 saturated carbocycles. The molecule has 2 unspecified atom stereocenters. The highest BCUT2D eigenvalue weighted by Crippen LogP contribution is 2.33. The van der Waals surface area contributed by atoms with Gasteiger partial charge in [-0.05, 0) is 48.1 Å².